The fourth-order valence-corrected chi connectivity index (χ4v) is 2.04. The molecule has 2 nitrogen and oxygen atoms in total. The van der Waals surface area contributed by atoms with Gasteiger partial charge < -0.3 is 10.1 Å². The Morgan fingerprint density at radius 1 is 1.16 bits per heavy atom. The number of rotatable bonds is 4. The maximum atomic E-state index is 13.5. The summed E-state index contributed by atoms with van der Waals surface area (Å²) >= 11 is 3.34. The highest BCUT2D eigenvalue weighted by Crippen LogP contribution is 2.23. The normalized spacial score (nSPS) is 10.3. The molecule has 0 saturated carbocycles. The van der Waals surface area contributed by atoms with Crippen LogP contribution in [-0.4, -0.2) is 7.11 Å². The van der Waals surface area contributed by atoms with Crippen LogP contribution in [0, 0.1) is 11.6 Å². The van der Waals surface area contributed by atoms with Gasteiger partial charge in [0.15, 0.2) is 11.6 Å². The second-order valence-electron chi connectivity index (χ2n) is 3.94. The van der Waals surface area contributed by atoms with Crippen molar-refractivity contribution >= 4 is 21.6 Å². The lowest BCUT2D eigenvalue weighted by atomic mass is 10.2. The van der Waals surface area contributed by atoms with Crippen LogP contribution in [0.4, 0.5) is 14.5 Å². The highest BCUT2D eigenvalue weighted by molar-refractivity contribution is 9.10. The number of anilines is 1. The lowest BCUT2D eigenvalue weighted by Gasteiger charge is -2.10. The minimum atomic E-state index is -0.439. The molecular formula is C14H12BrF2NO. The summed E-state index contributed by atoms with van der Waals surface area (Å²) < 4.78 is 32.2. The molecule has 0 amide bonds. The van der Waals surface area contributed by atoms with Crippen LogP contribution in [0.5, 0.6) is 5.75 Å². The summed E-state index contributed by atoms with van der Waals surface area (Å²) in [6.45, 7) is 0.393. The van der Waals surface area contributed by atoms with Gasteiger partial charge in [-0.2, -0.15) is 0 Å². The fraction of sp³-hybridized carbons (Fsp3) is 0.143. The summed E-state index contributed by atoms with van der Waals surface area (Å²) in [5, 5.41) is 3.03. The molecule has 0 aliphatic rings. The van der Waals surface area contributed by atoms with Gasteiger partial charge in [0, 0.05) is 22.8 Å². The molecule has 2 aromatic rings. The zero-order chi connectivity index (χ0) is 13.8. The summed E-state index contributed by atoms with van der Waals surface area (Å²) in [5.74, 6) is -0.552. The number of methoxy groups -OCH3 is 1. The van der Waals surface area contributed by atoms with Gasteiger partial charge in [0.2, 0.25) is 0 Å². The Balaban J connectivity index is 2.10. The van der Waals surface area contributed by atoms with E-state index in [4.69, 9.17) is 4.74 Å². The SMILES string of the molecule is COc1ccc(NCc2cc(F)ccc2Br)cc1F. The minimum Gasteiger partial charge on any atom is -0.494 e. The molecule has 0 atom stereocenters. The van der Waals surface area contributed by atoms with Crippen molar-refractivity contribution in [3.05, 3.63) is 58.1 Å². The summed E-state index contributed by atoms with van der Waals surface area (Å²) in [6.07, 6.45) is 0. The fourth-order valence-electron chi connectivity index (χ4n) is 1.65. The molecule has 1 N–H and O–H groups in total. The molecule has 0 saturated heterocycles. The van der Waals surface area contributed by atoms with Crippen molar-refractivity contribution in [2.24, 2.45) is 0 Å². The van der Waals surface area contributed by atoms with E-state index < -0.39 is 5.82 Å². The van der Waals surface area contributed by atoms with Crippen LogP contribution in [0.1, 0.15) is 5.56 Å². The molecule has 19 heavy (non-hydrogen) atoms. The maximum absolute atomic E-state index is 13.5. The molecular weight excluding hydrogens is 316 g/mol. The standard InChI is InChI=1S/C14H12BrF2NO/c1-19-14-5-3-11(7-13(14)17)18-8-9-6-10(16)2-4-12(9)15/h2-7,18H,8H2,1H3. The molecule has 0 heterocycles. The first-order valence-electron chi connectivity index (χ1n) is 5.61. The smallest absolute Gasteiger partial charge is 0.167 e. The Bertz CT molecular complexity index is 590. The van der Waals surface area contributed by atoms with Gasteiger partial charge in [-0.25, -0.2) is 8.78 Å². The van der Waals surface area contributed by atoms with Crippen LogP contribution in [0.3, 0.4) is 0 Å². The van der Waals surface area contributed by atoms with Gasteiger partial charge in [0.05, 0.1) is 7.11 Å². The highest BCUT2D eigenvalue weighted by Gasteiger charge is 2.05. The topological polar surface area (TPSA) is 21.3 Å². The number of benzene rings is 2. The molecule has 0 radical (unpaired) electrons. The summed E-state index contributed by atoms with van der Waals surface area (Å²) in [5.41, 5.74) is 1.37. The molecule has 0 aliphatic heterocycles. The van der Waals surface area contributed by atoms with E-state index in [9.17, 15) is 8.78 Å². The van der Waals surface area contributed by atoms with Crippen molar-refractivity contribution in [2.45, 2.75) is 6.54 Å². The van der Waals surface area contributed by atoms with Crippen LogP contribution >= 0.6 is 15.9 Å². The minimum absolute atomic E-state index is 0.192. The Labute approximate surface area is 118 Å². The van der Waals surface area contributed by atoms with Crippen molar-refractivity contribution in [3.63, 3.8) is 0 Å². The number of ether oxygens (including phenoxy) is 1. The van der Waals surface area contributed by atoms with Gasteiger partial charge in [0.1, 0.15) is 5.82 Å². The largest absolute Gasteiger partial charge is 0.494 e. The quantitative estimate of drug-likeness (QED) is 0.901. The molecule has 2 rings (SSSR count). The molecule has 100 valence electrons. The first-order valence-corrected chi connectivity index (χ1v) is 6.41. The maximum Gasteiger partial charge on any atom is 0.167 e. The Hall–Kier alpha value is -1.62. The van der Waals surface area contributed by atoms with E-state index in [-0.39, 0.29) is 11.6 Å². The van der Waals surface area contributed by atoms with E-state index in [1.807, 2.05) is 0 Å². The molecule has 0 fully saturated rings. The van der Waals surface area contributed by atoms with E-state index >= 15 is 0 Å². The Morgan fingerprint density at radius 2 is 1.95 bits per heavy atom. The first-order chi connectivity index (χ1) is 9.10. The predicted molar refractivity (Wildman–Crippen MR) is 74.4 cm³/mol. The highest BCUT2D eigenvalue weighted by atomic mass is 79.9. The van der Waals surface area contributed by atoms with E-state index in [1.54, 1.807) is 12.1 Å². The van der Waals surface area contributed by atoms with Crippen molar-refractivity contribution in [1.82, 2.24) is 0 Å². The monoisotopic (exact) mass is 327 g/mol. The second-order valence-corrected chi connectivity index (χ2v) is 4.79. The van der Waals surface area contributed by atoms with Crippen molar-refractivity contribution in [1.29, 1.82) is 0 Å². The zero-order valence-corrected chi connectivity index (χ0v) is 11.8. The van der Waals surface area contributed by atoms with E-state index in [1.165, 1.54) is 31.4 Å². The Morgan fingerprint density at radius 3 is 2.63 bits per heavy atom. The van der Waals surface area contributed by atoms with E-state index in [2.05, 4.69) is 21.2 Å². The predicted octanol–water partition coefficient (Wildman–Crippen LogP) is 4.35. The lowest BCUT2D eigenvalue weighted by Crippen LogP contribution is -2.01. The molecule has 0 spiro atoms. The molecule has 0 aliphatic carbocycles. The summed E-state index contributed by atoms with van der Waals surface area (Å²) in [6, 6.07) is 9.03. The van der Waals surface area contributed by atoms with Crippen molar-refractivity contribution in [2.75, 3.05) is 12.4 Å². The van der Waals surface area contributed by atoms with Crippen molar-refractivity contribution < 1.29 is 13.5 Å². The number of hydrogen-bond donors (Lipinski definition) is 1. The summed E-state index contributed by atoms with van der Waals surface area (Å²) in [7, 11) is 1.41. The van der Waals surface area contributed by atoms with Crippen LogP contribution in [0.25, 0.3) is 0 Å². The van der Waals surface area contributed by atoms with Crippen LogP contribution < -0.4 is 10.1 Å². The van der Waals surface area contributed by atoms with Crippen LogP contribution in [0.15, 0.2) is 40.9 Å². The number of nitrogens with one attached hydrogen (secondary N) is 1. The molecule has 5 heteroatoms. The second kappa shape index (κ2) is 6.02. The molecule has 0 unspecified atom stereocenters. The Kier molecular flexibility index (Phi) is 4.37. The number of halogens is 3. The average molecular weight is 328 g/mol. The van der Waals surface area contributed by atoms with Crippen LogP contribution in [0.2, 0.25) is 0 Å². The van der Waals surface area contributed by atoms with Gasteiger partial charge in [-0.05, 0) is 35.9 Å². The zero-order valence-electron chi connectivity index (χ0n) is 10.2. The summed E-state index contributed by atoms with van der Waals surface area (Å²) in [4.78, 5) is 0. The van der Waals surface area contributed by atoms with Gasteiger partial charge in [-0.1, -0.05) is 15.9 Å². The van der Waals surface area contributed by atoms with Gasteiger partial charge in [0.25, 0.3) is 0 Å². The molecule has 0 bridgehead atoms. The first kappa shape index (κ1) is 13.8. The van der Waals surface area contributed by atoms with Gasteiger partial charge in [-0.3, -0.25) is 0 Å². The van der Waals surface area contributed by atoms with Gasteiger partial charge in [-0.15, -0.1) is 0 Å². The van der Waals surface area contributed by atoms with E-state index in [0.29, 0.717) is 12.2 Å². The average Bonchev–Trinajstić information content (AvgIpc) is 2.40. The third-order valence-corrected chi connectivity index (χ3v) is 3.42. The van der Waals surface area contributed by atoms with Crippen LogP contribution in [-0.2, 0) is 6.54 Å². The number of hydrogen-bond acceptors (Lipinski definition) is 2. The lowest BCUT2D eigenvalue weighted by molar-refractivity contribution is 0.386. The molecule has 2 aromatic carbocycles. The third-order valence-electron chi connectivity index (χ3n) is 2.64. The van der Waals surface area contributed by atoms with Crippen molar-refractivity contribution in [3.8, 4) is 5.75 Å². The van der Waals surface area contributed by atoms with Gasteiger partial charge >= 0.3 is 0 Å². The van der Waals surface area contributed by atoms with E-state index in [0.717, 1.165) is 10.0 Å². The third kappa shape index (κ3) is 3.44. The molecule has 0 aromatic heterocycles.